The molecule has 0 radical (unpaired) electrons. The van der Waals surface area contributed by atoms with Crippen LogP contribution in [-0.4, -0.2) is 43.0 Å². The van der Waals surface area contributed by atoms with Gasteiger partial charge in [-0.25, -0.2) is 13.8 Å². The number of carbonyl (C=O) groups is 1. The topological polar surface area (TPSA) is 95.6 Å². The number of rotatable bonds is 9. The zero-order valence-corrected chi connectivity index (χ0v) is 18.3. The van der Waals surface area contributed by atoms with Crippen LogP contribution in [0.5, 0.6) is 0 Å². The number of nitrogens with zero attached hydrogens (tertiary/aromatic N) is 2. The molecule has 6 nitrogen and oxygen atoms in total. The smallest absolute Gasteiger partial charge is 0.305 e. The lowest BCUT2D eigenvalue weighted by atomic mass is 10.0. The third kappa shape index (κ3) is 6.12. The molecule has 0 aliphatic carbocycles. The Morgan fingerprint density at radius 3 is 2.06 bits per heavy atom. The number of aliphatic carboxylic acids is 1. The summed E-state index contributed by atoms with van der Waals surface area (Å²) in [6, 6.07) is 11.8. The monoisotopic (exact) mass is 456 g/mol. The summed E-state index contributed by atoms with van der Waals surface area (Å²) in [7, 11) is 0. The molecule has 33 heavy (non-hydrogen) atoms. The van der Waals surface area contributed by atoms with Gasteiger partial charge in [-0.15, -0.1) is 0 Å². The van der Waals surface area contributed by atoms with Gasteiger partial charge in [-0.3, -0.25) is 4.79 Å². The van der Waals surface area contributed by atoms with E-state index in [0.29, 0.717) is 22.6 Å². The van der Waals surface area contributed by atoms with Crippen LogP contribution in [0.2, 0.25) is 0 Å². The Balaban J connectivity index is 2.08. The summed E-state index contributed by atoms with van der Waals surface area (Å²) < 4.78 is 28.8. The van der Waals surface area contributed by atoms with Crippen LogP contribution in [0.4, 0.5) is 8.78 Å². The molecule has 2 aromatic carbocycles. The van der Waals surface area contributed by atoms with E-state index in [1.807, 2.05) is 13.8 Å². The van der Waals surface area contributed by atoms with Gasteiger partial charge in [0, 0.05) is 23.7 Å². The molecule has 1 heterocycles. The summed E-state index contributed by atoms with van der Waals surface area (Å²) in [5, 5.41) is 28.9. The highest BCUT2D eigenvalue weighted by Gasteiger charge is 2.21. The van der Waals surface area contributed by atoms with Crippen molar-refractivity contribution in [1.82, 2.24) is 9.55 Å². The van der Waals surface area contributed by atoms with Crippen LogP contribution in [0.25, 0.3) is 28.8 Å². The summed E-state index contributed by atoms with van der Waals surface area (Å²) in [6.45, 7) is 3.94. The third-order valence-corrected chi connectivity index (χ3v) is 5.10. The van der Waals surface area contributed by atoms with Gasteiger partial charge in [0.2, 0.25) is 0 Å². The number of imidazole rings is 1. The maximum absolute atomic E-state index is 13.5. The van der Waals surface area contributed by atoms with Crippen molar-refractivity contribution in [3.05, 3.63) is 71.9 Å². The third-order valence-electron chi connectivity index (χ3n) is 5.10. The van der Waals surface area contributed by atoms with Crippen molar-refractivity contribution in [2.45, 2.75) is 44.8 Å². The lowest BCUT2D eigenvalue weighted by molar-refractivity contribution is -0.139. The quantitative estimate of drug-likeness (QED) is 0.435. The summed E-state index contributed by atoms with van der Waals surface area (Å²) in [5.74, 6) is -1.44. The van der Waals surface area contributed by atoms with Crippen molar-refractivity contribution in [3.8, 4) is 22.6 Å². The van der Waals surface area contributed by atoms with Gasteiger partial charge in [0.15, 0.2) is 0 Å². The fourth-order valence-corrected chi connectivity index (χ4v) is 3.60. The highest BCUT2D eigenvalue weighted by Crippen LogP contribution is 2.34. The molecule has 0 aliphatic heterocycles. The number of carboxylic acid groups (broad SMARTS) is 1. The zero-order valence-electron chi connectivity index (χ0n) is 18.3. The van der Waals surface area contributed by atoms with Gasteiger partial charge >= 0.3 is 5.97 Å². The van der Waals surface area contributed by atoms with Crippen LogP contribution in [0, 0.1) is 11.6 Å². The normalized spacial score (nSPS) is 13.5. The number of aliphatic hydroxyl groups excluding tert-OH is 2. The van der Waals surface area contributed by atoms with Gasteiger partial charge in [0.25, 0.3) is 0 Å². The van der Waals surface area contributed by atoms with Crippen LogP contribution < -0.4 is 0 Å². The molecule has 8 heteroatoms. The summed E-state index contributed by atoms with van der Waals surface area (Å²) in [4.78, 5) is 15.5. The van der Waals surface area contributed by atoms with Gasteiger partial charge < -0.3 is 19.9 Å². The first-order valence-corrected chi connectivity index (χ1v) is 10.6. The molecule has 2 atom stereocenters. The maximum Gasteiger partial charge on any atom is 0.305 e. The van der Waals surface area contributed by atoms with Crippen molar-refractivity contribution in [1.29, 1.82) is 0 Å². The summed E-state index contributed by atoms with van der Waals surface area (Å²) in [6.07, 6.45) is 0.137. The van der Waals surface area contributed by atoms with E-state index < -0.39 is 30.4 Å². The van der Waals surface area contributed by atoms with Gasteiger partial charge in [0.05, 0.1) is 30.0 Å². The minimum atomic E-state index is -1.19. The molecular weight excluding hydrogens is 430 g/mol. The fraction of sp³-hybridized carbons (Fsp3) is 0.280. The standard InChI is InChI=1S/C25H26F2N2O4/c1-15(2)24-23(16-3-7-18(26)8-4-16)28-25(17-5-9-19(27)10-6-17)29(24)12-11-20(30)13-21(31)14-22(32)33/h3-12,15,20-21,30-31H,13-14H2,1-2H3,(H,32,33)/b12-11+. The van der Waals surface area contributed by atoms with E-state index in [1.165, 1.54) is 30.3 Å². The lowest BCUT2D eigenvalue weighted by Crippen LogP contribution is -2.19. The Morgan fingerprint density at radius 1 is 1.00 bits per heavy atom. The highest BCUT2D eigenvalue weighted by molar-refractivity contribution is 5.71. The van der Waals surface area contributed by atoms with E-state index >= 15 is 0 Å². The summed E-state index contributed by atoms with van der Waals surface area (Å²) in [5.41, 5.74) is 2.74. The number of carboxylic acids is 1. The van der Waals surface area contributed by atoms with Crippen molar-refractivity contribution in [2.75, 3.05) is 0 Å². The molecule has 3 N–H and O–H groups in total. The summed E-state index contributed by atoms with van der Waals surface area (Å²) >= 11 is 0. The van der Waals surface area contributed by atoms with Crippen molar-refractivity contribution in [2.24, 2.45) is 0 Å². The highest BCUT2D eigenvalue weighted by atomic mass is 19.1. The van der Waals surface area contributed by atoms with Crippen molar-refractivity contribution >= 4 is 12.2 Å². The first kappa shape index (κ1) is 24.3. The lowest BCUT2D eigenvalue weighted by Gasteiger charge is -2.14. The molecule has 0 saturated carbocycles. The van der Waals surface area contributed by atoms with Crippen LogP contribution in [0.3, 0.4) is 0 Å². The Kier molecular flexibility index (Phi) is 7.73. The predicted octanol–water partition coefficient (Wildman–Crippen LogP) is 4.68. The molecule has 1 aromatic heterocycles. The second-order valence-corrected chi connectivity index (χ2v) is 8.10. The predicted molar refractivity (Wildman–Crippen MR) is 121 cm³/mol. The van der Waals surface area contributed by atoms with Crippen LogP contribution in [-0.2, 0) is 4.79 Å². The van der Waals surface area contributed by atoms with Crippen molar-refractivity contribution in [3.63, 3.8) is 0 Å². The fourth-order valence-electron chi connectivity index (χ4n) is 3.60. The molecule has 0 aliphatic rings. The first-order chi connectivity index (χ1) is 15.7. The van der Waals surface area contributed by atoms with Gasteiger partial charge in [0.1, 0.15) is 17.5 Å². The molecule has 2 unspecified atom stereocenters. The number of benzene rings is 2. The molecule has 3 rings (SSSR count). The largest absolute Gasteiger partial charge is 0.481 e. The SMILES string of the molecule is CC(C)c1c(-c2ccc(F)cc2)nc(-c2ccc(F)cc2)n1/C=C/C(O)CC(O)CC(=O)O. The average molecular weight is 456 g/mol. The number of aromatic nitrogens is 2. The van der Waals surface area contributed by atoms with E-state index in [-0.39, 0.29) is 18.2 Å². The molecule has 0 bridgehead atoms. The van der Waals surface area contributed by atoms with Gasteiger partial charge in [-0.2, -0.15) is 0 Å². The number of aliphatic hydroxyl groups is 2. The molecule has 0 saturated heterocycles. The Bertz CT molecular complexity index is 1120. The first-order valence-electron chi connectivity index (χ1n) is 10.6. The zero-order chi connectivity index (χ0) is 24.1. The second kappa shape index (κ2) is 10.5. The Hall–Kier alpha value is -3.36. The van der Waals surface area contributed by atoms with Gasteiger partial charge in [-0.05, 0) is 60.5 Å². The molecular formula is C25H26F2N2O4. The molecule has 0 fully saturated rings. The molecule has 3 aromatic rings. The van der Waals surface area contributed by atoms with E-state index in [0.717, 1.165) is 5.69 Å². The van der Waals surface area contributed by atoms with Crippen LogP contribution in [0.15, 0.2) is 54.6 Å². The van der Waals surface area contributed by atoms with Crippen LogP contribution >= 0.6 is 0 Å². The van der Waals surface area contributed by atoms with E-state index in [2.05, 4.69) is 0 Å². The van der Waals surface area contributed by atoms with E-state index in [1.54, 1.807) is 35.0 Å². The molecule has 0 amide bonds. The Labute approximate surface area is 190 Å². The second-order valence-electron chi connectivity index (χ2n) is 8.10. The maximum atomic E-state index is 13.5. The Morgan fingerprint density at radius 2 is 1.55 bits per heavy atom. The number of hydrogen-bond donors (Lipinski definition) is 3. The van der Waals surface area contributed by atoms with E-state index in [4.69, 9.17) is 10.1 Å². The number of hydrogen-bond acceptors (Lipinski definition) is 4. The minimum Gasteiger partial charge on any atom is -0.481 e. The minimum absolute atomic E-state index is 0.0221. The molecule has 0 spiro atoms. The number of halogens is 2. The van der Waals surface area contributed by atoms with Crippen LogP contribution in [0.1, 0.15) is 38.3 Å². The van der Waals surface area contributed by atoms with Crippen molar-refractivity contribution < 1.29 is 28.9 Å². The van der Waals surface area contributed by atoms with Gasteiger partial charge in [-0.1, -0.05) is 13.8 Å². The average Bonchev–Trinajstić information content (AvgIpc) is 3.12. The molecule has 174 valence electrons. The van der Waals surface area contributed by atoms with E-state index in [9.17, 15) is 23.8 Å².